The SMILES string of the molecule is C[C@H](NC(=O)[C@@H](c1cccnc1)N(C(=O)[C@@](C)(O)S)c1ccc2c(c1)oc1ccccc12)c1ccc(F)cc1. The molecule has 9 heteroatoms. The first-order valence-corrected chi connectivity index (χ1v) is 12.7. The van der Waals surface area contributed by atoms with Crippen molar-refractivity contribution in [3.8, 4) is 0 Å². The Morgan fingerprint density at radius 1 is 1.00 bits per heavy atom. The molecular formula is C30H26FN3O4S. The summed E-state index contributed by atoms with van der Waals surface area (Å²) in [6.07, 6.45) is 3.04. The molecule has 7 nitrogen and oxygen atoms in total. The van der Waals surface area contributed by atoms with Crippen molar-refractivity contribution in [2.24, 2.45) is 0 Å². The van der Waals surface area contributed by atoms with Crippen molar-refractivity contribution < 1.29 is 23.5 Å². The minimum absolute atomic E-state index is 0.319. The van der Waals surface area contributed by atoms with Gasteiger partial charge in [-0.25, -0.2) is 4.39 Å². The lowest BCUT2D eigenvalue weighted by molar-refractivity contribution is -0.132. The molecule has 2 heterocycles. The van der Waals surface area contributed by atoms with Crippen molar-refractivity contribution in [3.05, 3.63) is 108 Å². The van der Waals surface area contributed by atoms with Gasteiger partial charge in [0.15, 0.2) is 4.93 Å². The summed E-state index contributed by atoms with van der Waals surface area (Å²) in [6, 6.07) is 20.1. The highest BCUT2D eigenvalue weighted by molar-refractivity contribution is 7.82. The molecule has 2 aromatic heterocycles. The number of hydrogen-bond donors (Lipinski definition) is 3. The van der Waals surface area contributed by atoms with Gasteiger partial charge < -0.3 is 14.8 Å². The van der Waals surface area contributed by atoms with Crippen molar-refractivity contribution in [1.82, 2.24) is 10.3 Å². The molecule has 3 aromatic carbocycles. The van der Waals surface area contributed by atoms with Crippen LogP contribution >= 0.6 is 12.6 Å². The molecule has 0 fully saturated rings. The van der Waals surface area contributed by atoms with E-state index < -0.39 is 28.8 Å². The Labute approximate surface area is 229 Å². The molecule has 0 unspecified atom stereocenters. The van der Waals surface area contributed by atoms with Crippen LogP contribution < -0.4 is 10.2 Å². The zero-order chi connectivity index (χ0) is 27.7. The second-order valence-electron chi connectivity index (χ2n) is 9.45. The number of halogens is 1. The van der Waals surface area contributed by atoms with Crippen LogP contribution in [0.3, 0.4) is 0 Å². The second-order valence-corrected chi connectivity index (χ2v) is 10.3. The molecule has 0 aliphatic carbocycles. The number of pyridine rings is 1. The monoisotopic (exact) mass is 543 g/mol. The van der Waals surface area contributed by atoms with E-state index in [0.717, 1.165) is 10.8 Å². The first-order valence-electron chi connectivity index (χ1n) is 12.3. The van der Waals surface area contributed by atoms with Gasteiger partial charge in [0.25, 0.3) is 5.91 Å². The smallest absolute Gasteiger partial charge is 0.270 e. The number of nitrogens with one attached hydrogen (secondary N) is 1. The van der Waals surface area contributed by atoms with Crippen molar-refractivity contribution in [2.45, 2.75) is 30.9 Å². The number of fused-ring (bicyclic) bond motifs is 3. The van der Waals surface area contributed by atoms with Gasteiger partial charge in [-0.05, 0) is 55.8 Å². The van der Waals surface area contributed by atoms with Crippen LogP contribution in [0.4, 0.5) is 10.1 Å². The standard InChI is InChI=1S/C30H26FN3O4S/c1-18(19-9-11-21(31)12-10-19)33-28(35)27(20-6-5-15-32-17-20)34(29(36)30(2,37)39)22-13-14-24-23-7-3-4-8-25(23)38-26(24)16-22/h3-18,27,37,39H,1-2H3,(H,33,35)/t18-,27+,30-/m0/s1. The molecular weight excluding hydrogens is 517 g/mol. The molecule has 0 saturated carbocycles. The number of benzene rings is 3. The topological polar surface area (TPSA) is 95.7 Å². The summed E-state index contributed by atoms with van der Waals surface area (Å²) in [5.74, 6) is -1.74. The molecule has 3 atom stereocenters. The highest BCUT2D eigenvalue weighted by atomic mass is 32.1. The summed E-state index contributed by atoms with van der Waals surface area (Å²) in [6.45, 7) is 3.00. The molecule has 5 rings (SSSR count). The summed E-state index contributed by atoms with van der Waals surface area (Å²) >= 11 is 4.12. The number of aliphatic hydroxyl groups is 1. The first-order chi connectivity index (χ1) is 18.6. The van der Waals surface area contributed by atoms with E-state index >= 15 is 0 Å². The number of rotatable bonds is 7. The Hall–Kier alpha value is -4.21. The van der Waals surface area contributed by atoms with E-state index in [1.165, 1.54) is 30.2 Å². The van der Waals surface area contributed by atoms with Crippen molar-refractivity contribution in [1.29, 1.82) is 0 Å². The van der Waals surface area contributed by atoms with Gasteiger partial charge >= 0.3 is 0 Å². The zero-order valence-electron chi connectivity index (χ0n) is 21.2. The van der Waals surface area contributed by atoms with Gasteiger partial charge in [0, 0.05) is 40.5 Å². The quantitative estimate of drug-likeness (QED) is 0.181. The fourth-order valence-electron chi connectivity index (χ4n) is 4.56. The Kier molecular flexibility index (Phi) is 7.12. The maximum Gasteiger partial charge on any atom is 0.270 e. The number of hydrogen-bond acceptors (Lipinski definition) is 6. The normalized spacial score (nSPS) is 14.5. The predicted octanol–water partition coefficient (Wildman–Crippen LogP) is 5.71. The lowest BCUT2D eigenvalue weighted by Gasteiger charge is -2.35. The number of amides is 2. The van der Waals surface area contributed by atoms with Gasteiger partial charge in [0.1, 0.15) is 23.0 Å². The van der Waals surface area contributed by atoms with Crippen LogP contribution in [0, 0.1) is 5.82 Å². The van der Waals surface area contributed by atoms with E-state index in [-0.39, 0.29) is 5.82 Å². The average molecular weight is 544 g/mol. The maximum absolute atomic E-state index is 13.9. The molecule has 5 aromatic rings. The highest BCUT2D eigenvalue weighted by Gasteiger charge is 2.40. The first kappa shape index (κ1) is 26.4. The molecule has 0 spiro atoms. The molecule has 2 N–H and O–H groups in total. The number of anilines is 1. The molecule has 0 saturated heterocycles. The van der Waals surface area contributed by atoms with Crippen LogP contribution in [0.1, 0.15) is 37.1 Å². The minimum Gasteiger partial charge on any atom is -0.456 e. The number of furan rings is 1. The zero-order valence-corrected chi connectivity index (χ0v) is 22.1. The van der Waals surface area contributed by atoms with Crippen LogP contribution in [-0.2, 0) is 9.59 Å². The molecule has 198 valence electrons. The van der Waals surface area contributed by atoms with Gasteiger partial charge in [-0.15, -0.1) is 12.6 Å². The highest BCUT2D eigenvalue weighted by Crippen LogP contribution is 2.36. The minimum atomic E-state index is -2.11. The Balaban J connectivity index is 1.62. The van der Waals surface area contributed by atoms with Gasteiger partial charge in [0.05, 0.1) is 6.04 Å². The molecule has 0 aliphatic rings. The molecule has 0 radical (unpaired) electrons. The summed E-state index contributed by atoms with van der Waals surface area (Å²) < 4.78 is 19.5. The second kappa shape index (κ2) is 10.5. The van der Waals surface area contributed by atoms with Crippen LogP contribution in [-0.4, -0.2) is 26.8 Å². The van der Waals surface area contributed by atoms with E-state index in [9.17, 15) is 19.1 Å². The average Bonchev–Trinajstić information content (AvgIpc) is 3.29. The Bertz CT molecular complexity index is 1650. The number of carbonyl (C=O) groups is 2. The van der Waals surface area contributed by atoms with Crippen LogP contribution in [0.15, 0.2) is 95.7 Å². The third-order valence-corrected chi connectivity index (χ3v) is 6.69. The number of aromatic nitrogens is 1. The number of carbonyl (C=O) groups excluding carboxylic acids is 2. The van der Waals surface area contributed by atoms with Crippen LogP contribution in [0.25, 0.3) is 21.9 Å². The van der Waals surface area contributed by atoms with Crippen molar-refractivity contribution >= 4 is 52.1 Å². The largest absolute Gasteiger partial charge is 0.456 e. The van der Waals surface area contributed by atoms with Gasteiger partial charge in [0.2, 0.25) is 5.91 Å². The number of nitrogens with zero attached hydrogens (tertiary/aromatic N) is 2. The third-order valence-electron chi connectivity index (χ3n) is 6.50. The summed E-state index contributed by atoms with van der Waals surface area (Å²) in [5, 5.41) is 15.3. The van der Waals surface area contributed by atoms with Crippen LogP contribution in [0.5, 0.6) is 0 Å². The van der Waals surface area contributed by atoms with E-state index in [1.54, 1.807) is 49.5 Å². The lowest BCUT2D eigenvalue weighted by atomic mass is 10.0. The molecule has 39 heavy (non-hydrogen) atoms. The fourth-order valence-corrected chi connectivity index (χ4v) is 4.67. The number of para-hydroxylation sites is 1. The predicted molar refractivity (Wildman–Crippen MR) is 151 cm³/mol. The van der Waals surface area contributed by atoms with Crippen molar-refractivity contribution in [3.63, 3.8) is 0 Å². The summed E-state index contributed by atoms with van der Waals surface area (Å²) in [5.41, 5.74) is 2.60. The van der Waals surface area contributed by atoms with Crippen LogP contribution in [0.2, 0.25) is 0 Å². The summed E-state index contributed by atoms with van der Waals surface area (Å²) in [7, 11) is 0. The number of thiol groups is 1. The molecule has 2 amide bonds. The van der Waals surface area contributed by atoms with E-state index in [2.05, 4.69) is 22.9 Å². The Morgan fingerprint density at radius 3 is 2.41 bits per heavy atom. The Morgan fingerprint density at radius 2 is 1.72 bits per heavy atom. The van der Waals surface area contributed by atoms with Crippen molar-refractivity contribution in [2.75, 3.05) is 4.90 Å². The van der Waals surface area contributed by atoms with Gasteiger partial charge in [-0.3, -0.25) is 19.5 Å². The molecule has 0 bridgehead atoms. The van der Waals surface area contributed by atoms with E-state index in [4.69, 9.17) is 4.42 Å². The fraction of sp³-hybridized carbons (Fsp3) is 0.167. The molecule has 0 aliphatic heterocycles. The van der Waals surface area contributed by atoms with Gasteiger partial charge in [-0.1, -0.05) is 36.4 Å². The van der Waals surface area contributed by atoms with E-state index in [0.29, 0.717) is 28.0 Å². The van der Waals surface area contributed by atoms with E-state index in [1.807, 2.05) is 30.3 Å². The maximum atomic E-state index is 13.9. The summed E-state index contributed by atoms with van der Waals surface area (Å²) in [4.78, 5) is 30.9. The van der Waals surface area contributed by atoms with Gasteiger partial charge in [-0.2, -0.15) is 0 Å². The third kappa shape index (κ3) is 5.36. The lowest BCUT2D eigenvalue weighted by Crippen LogP contribution is -2.50.